The molecule has 0 saturated carbocycles. The molecule has 0 spiro atoms. The smallest absolute Gasteiger partial charge is 0.292 e. The van der Waals surface area contributed by atoms with Gasteiger partial charge in [-0.25, -0.2) is 4.98 Å². The summed E-state index contributed by atoms with van der Waals surface area (Å²) in [6.45, 7) is 2.70. The van der Waals surface area contributed by atoms with Gasteiger partial charge in [0.1, 0.15) is 11.2 Å². The van der Waals surface area contributed by atoms with Gasteiger partial charge < -0.3 is 19.3 Å². The van der Waals surface area contributed by atoms with Gasteiger partial charge >= 0.3 is 0 Å². The molecule has 3 heterocycles. The molecule has 6 heteroatoms. The van der Waals surface area contributed by atoms with Gasteiger partial charge in [0.05, 0.1) is 12.3 Å². The normalized spacial score (nSPS) is 11.6. The van der Waals surface area contributed by atoms with E-state index < -0.39 is 0 Å². The number of aromatic nitrogens is 3. The first kappa shape index (κ1) is 15.7. The molecule has 128 valence electrons. The summed E-state index contributed by atoms with van der Waals surface area (Å²) in [5.41, 5.74) is 12.7. The van der Waals surface area contributed by atoms with Crippen LogP contribution in [0.4, 0.5) is 6.01 Å². The van der Waals surface area contributed by atoms with Crippen LogP contribution in [-0.2, 0) is 24.2 Å². The zero-order valence-electron chi connectivity index (χ0n) is 14.3. The number of imidazole rings is 1. The maximum absolute atomic E-state index is 5.60. The maximum atomic E-state index is 5.60. The lowest BCUT2D eigenvalue weighted by molar-refractivity contribution is 0.185. The summed E-state index contributed by atoms with van der Waals surface area (Å²) < 4.78 is 12.7. The van der Waals surface area contributed by atoms with Gasteiger partial charge in [-0.15, -0.1) is 0 Å². The van der Waals surface area contributed by atoms with Crippen molar-refractivity contribution in [3.63, 3.8) is 0 Å². The van der Waals surface area contributed by atoms with Crippen molar-refractivity contribution >= 4 is 22.8 Å². The molecule has 0 unspecified atom stereocenters. The molecular formula is C19H20N4O2. The number of nitrogens with zero attached hydrogens (tertiary/aromatic N) is 3. The molecule has 4 aromatic rings. The van der Waals surface area contributed by atoms with Crippen molar-refractivity contribution in [2.24, 2.45) is 0 Å². The molecule has 0 saturated heterocycles. The van der Waals surface area contributed by atoms with Crippen molar-refractivity contribution in [1.82, 2.24) is 14.4 Å². The zero-order valence-corrected chi connectivity index (χ0v) is 14.3. The van der Waals surface area contributed by atoms with Gasteiger partial charge in [-0.2, -0.15) is 4.98 Å². The molecule has 0 fully saturated rings. The fourth-order valence-corrected chi connectivity index (χ4v) is 3.16. The van der Waals surface area contributed by atoms with E-state index >= 15 is 0 Å². The molecule has 0 atom stereocenters. The van der Waals surface area contributed by atoms with E-state index in [-0.39, 0.29) is 6.01 Å². The average molecular weight is 336 g/mol. The molecule has 0 amide bonds. The van der Waals surface area contributed by atoms with Crippen LogP contribution in [0, 0.1) is 6.92 Å². The summed E-state index contributed by atoms with van der Waals surface area (Å²) >= 11 is 0. The largest absolute Gasteiger partial charge is 0.424 e. The quantitative estimate of drug-likeness (QED) is 0.605. The summed E-state index contributed by atoms with van der Waals surface area (Å²) in [5.74, 6) is 0. The van der Waals surface area contributed by atoms with E-state index in [1.807, 2.05) is 12.1 Å². The Morgan fingerprint density at radius 1 is 1.12 bits per heavy atom. The van der Waals surface area contributed by atoms with Crippen molar-refractivity contribution in [1.29, 1.82) is 0 Å². The van der Waals surface area contributed by atoms with E-state index in [1.54, 1.807) is 7.11 Å². The van der Waals surface area contributed by atoms with Crippen LogP contribution >= 0.6 is 0 Å². The Hall–Kier alpha value is -2.86. The number of nitrogens with two attached hydrogens (primary N) is 1. The molecule has 0 bridgehead atoms. The number of hydrogen-bond acceptors (Lipinski definition) is 5. The van der Waals surface area contributed by atoms with Crippen molar-refractivity contribution < 1.29 is 9.15 Å². The van der Waals surface area contributed by atoms with E-state index in [9.17, 15) is 0 Å². The first-order chi connectivity index (χ1) is 12.1. The van der Waals surface area contributed by atoms with Crippen molar-refractivity contribution in [2.75, 3.05) is 12.8 Å². The fourth-order valence-electron chi connectivity index (χ4n) is 3.16. The number of anilines is 1. The standard InChI is InChI=1S/C19H20N4O2/c1-12-15(21-18-10-14(11-24-2)7-8-23(12)18)5-3-13-4-6-16-17(9-13)25-19(20)22-16/h4,6-10H,3,5,11H2,1-2H3,(H2,20,22). The van der Waals surface area contributed by atoms with Crippen LogP contribution in [0.2, 0.25) is 0 Å². The second kappa shape index (κ2) is 6.22. The Balaban J connectivity index is 1.57. The minimum atomic E-state index is 0.204. The van der Waals surface area contributed by atoms with Gasteiger partial charge in [-0.1, -0.05) is 6.07 Å². The molecule has 3 aromatic heterocycles. The number of oxazole rings is 1. The average Bonchev–Trinajstić information content (AvgIpc) is 3.12. The van der Waals surface area contributed by atoms with Gasteiger partial charge in [0.2, 0.25) is 0 Å². The molecule has 2 N–H and O–H groups in total. The number of pyridine rings is 1. The molecule has 0 radical (unpaired) electrons. The lowest BCUT2D eigenvalue weighted by Crippen LogP contribution is -1.95. The zero-order chi connectivity index (χ0) is 17.4. The number of nitrogen functional groups attached to an aromatic ring is 1. The van der Waals surface area contributed by atoms with Crippen molar-refractivity contribution in [3.8, 4) is 0 Å². The molecular weight excluding hydrogens is 316 g/mol. The van der Waals surface area contributed by atoms with Crippen LogP contribution in [-0.4, -0.2) is 21.5 Å². The van der Waals surface area contributed by atoms with Gasteiger partial charge in [-0.05, 0) is 55.2 Å². The minimum absolute atomic E-state index is 0.204. The second-order valence-corrected chi connectivity index (χ2v) is 6.19. The summed E-state index contributed by atoms with van der Waals surface area (Å²) in [7, 11) is 1.70. The number of fused-ring (bicyclic) bond motifs is 2. The van der Waals surface area contributed by atoms with Gasteiger partial charge in [0.25, 0.3) is 6.01 Å². The Bertz CT molecular complexity index is 1050. The molecule has 4 rings (SSSR count). The number of rotatable bonds is 5. The molecule has 0 aliphatic heterocycles. The Kier molecular flexibility index (Phi) is 3.89. The summed E-state index contributed by atoms with van der Waals surface area (Å²) in [6, 6.07) is 10.3. The van der Waals surface area contributed by atoms with Crippen molar-refractivity contribution in [3.05, 3.63) is 59.0 Å². The molecule has 0 aliphatic carbocycles. The third-order valence-electron chi connectivity index (χ3n) is 4.46. The van der Waals surface area contributed by atoms with Crippen LogP contribution in [0.15, 0.2) is 40.9 Å². The van der Waals surface area contributed by atoms with E-state index in [0.717, 1.165) is 40.8 Å². The first-order valence-electron chi connectivity index (χ1n) is 8.24. The van der Waals surface area contributed by atoms with Crippen molar-refractivity contribution in [2.45, 2.75) is 26.4 Å². The predicted molar refractivity (Wildman–Crippen MR) is 96.5 cm³/mol. The topological polar surface area (TPSA) is 78.6 Å². The third kappa shape index (κ3) is 2.96. The maximum Gasteiger partial charge on any atom is 0.292 e. The van der Waals surface area contributed by atoms with Crippen LogP contribution in [0.5, 0.6) is 0 Å². The Morgan fingerprint density at radius 2 is 2.00 bits per heavy atom. The minimum Gasteiger partial charge on any atom is -0.424 e. The molecule has 6 nitrogen and oxygen atoms in total. The number of hydrogen-bond donors (Lipinski definition) is 1. The lowest BCUT2D eigenvalue weighted by Gasteiger charge is -2.02. The summed E-state index contributed by atoms with van der Waals surface area (Å²) in [5, 5.41) is 0. The predicted octanol–water partition coefficient (Wildman–Crippen LogP) is 3.30. The highest BCUT2D eigenvalue weighted by Gasteiger charge is 2.10. The molecule has 25 heavy (non-hydrogen) atoms. The molecule has 1 aromatic carbocycles. The first-order valence-corrected chi connectivity index (χ1v) is 8.24. The third-order valence-corrected chi connectivity index (χ3v) is 4.46. The van der Waals surface area contributed by atoms with E-state index in [4.69, 9.17) is 19.9 Å². The van der Waals surface area contributed by atoms with Gasteiger partial charge in [0.15, 0.2) is 5.58 Å². The number of benzene rings is 1. The van der Waals surface area contributed by atoms with Crippen LogP contribution < -0.4 is 5.73 Å². The van der Waals surface area contributed by atoms with Gasteiger partial charge in [0, 0.05) is 19.0 Å². The van der Waals surface area contributed by atoms with Crippen LogP contribution in [0.25, 0.3) is 16.7 Å². The number of methoxy groups -OCH3 is 1. The van der Waals surface area contributed by atoms with Gasteiger partial charge in [-0.3, -0.25) is 0 Å². The lowest BCUT2D eigenvalue weighted by atomic mass is 10.1. The monoisotopic (exact) mass is 336 g/mol. The Morgan fingerprint density at radius 3 is 2.84 bits per heavy atom. The van der Waals surface area contributed by atoms with E-state index in [0.29, 0.717) is 6.61 Å². The number of ether oxygens (including phenoxy) is 1. The second-order valence-electron chi connectivity index (χ2n) is 6.19. The molecule has 0 aliphatic rings. The highest BCUT2D eigenvalue weighted by molar-refractivity contribution is 5.74. The Labute approximate surface area is 145 Å². The number of aryl methyl sites for hydroxylation is 3. The van der Waals surface area contributed by atoms with Crippen LogP contribution in [0.1, 0.15) is 22.5 Å². The fraction of sp³-hybridized carbons (Fsp3) is 0.263. The summed E-state index contributed by atoms with van der Waals surface area (Å²) in [4.78, 5) is 8.91. The highest BCUT2D eigenvalue weighted by Crippen LogP contribution is 2.20. The SMILES string of the molecule is COCc1ccn2c(C)c(CCc3ccc4nc(N)oc4c3)nc2c1. The van der Waals surface area contributed by atoms with E-state index in [2.05, 4.69) is 40.7 Å². The highest BCUT2D eigenvalue weighted by atomic mass is 16.5. The van der Waals surface area contributed by atoms with E-state index in [1.165, 1.54) is 11.3 Å². The summed E-state index contributed by atoms with van der Waals surface area (Å²) in [6.07, 6.45) is 3.80. The van der Waals surface area contributed by atoms with Crippen LogP contribution in [0.3, 0.4) is 0 Å².